The van der Waals surface area contributed by atoms with Gasteiger partial charge >= 0.3 is 0 Å². The van der Waals surface area contributed by atoms with Crippen molar-refractivity contribution in [2.24, 2.45) is 0 Å². The third kappa shape index (κ3) is 6.96. The number of carbonyl (C=O) groups excluding carboxylic acids is 1. The minimum absolute atomic E-state index is 0.00194. The van der Waals surface area contributed by atoms with Crippen molar-refractivity contribution in [3.8, 4) is 17.2 Å². The van der Waals surface area contributed by atoms with Crippen LogP contribution >= 0.6 is 0 Å². The first-order valence-corrected chi connectivity index (χ1v) is 14.5. The summed E-state index contributed by atoms with van der Waals surface area (Å²) in [7, 11) is 1.48. The van der Waals surface area contributed by atoms with Crippen molar-refractivity contribution in [3.63, 3.8) is 0 Å². The monoisotopic (exact) mass is 546 g/mol. The normalized spacial score (nSPS) is 18.9. The van der Waals surface area contributed by atoms with Gasteiger partial charge in [0.25, 0.3) is 0 Å². The van der Waals surface area contributed by atoms with Crippen molar-refractivity contribution in [2.75, 3.05) is 67.1 Å². The fourth-order valence-electron chi connectivity index (χ4n) is 4.98. The van der Waals surface area contributed by atoms with Gasteiger partial charge in [-0.05, 0) is 12.0 Å². The summed E-state index contributed by atoms with van der Waals surface area (Å²) in [5.74, 6) is 2.12. The number of amides is 1. The van der Waals surface area contributed by atoms with Crippen molar-refractivity contribution in [1.82, 2.24) is 19.4 Å². The van der Waals surface area contributed by atoms with Crippen LogP contribution < -0.4 is 19.5 Å². The summed E-state index contributed by atoms with van der Waals surface area (Å²) in [6.45, 7) is 4.44. The van der Waals surface area contributed by atoms with Gasteiger partial charge in [-0.15, -0.1) is 0 Å². The molecule has 2 saturated heterocycles. The molecule has 0 aromatic heterocycles. The average Bonchev–Trinajstić information content (AvgIpc) is 3.43. The first-order chi connectivity index (χ1) is 18.3. The van der Waals surface area contributed by atoms with Gasteiger partial charge in [-0.3, -0.25) is 9.69 Å². The number of ether oxygens (including phenoxy) is 3. The summed E-state index contributed by atoms with van der Waals surface area (Å²) >= 11 is 0. The molecule has 0 radical (unpaired) electrons. The smallest absolute Gasteiger partial charge is 0.236 e. The van der Waals surface area contributed by atoms with Crippen LogP contribution in [0.25, 0.3) is 0 Å². The quantitative estimate of drug-likeness (QED) is 0.453. The van der Waals surface area contributed by atoms with Crippen LogP contribution in [-0.4, -0.2) is 102 Å². The molecule has 4 rings (SSSR count). The lowest BCUT2D eigenvalue weighted by Crippen LogP contribution is -2.51. The number of carbonyl (C=O) groups is 1. The Morgan fingerprint density at radius 3 is 2.21 bits per heavy atom. The van der Waals surface area contributed by atoms with Crippen molar-refractivity contribution in [1.29, 1.82) is 0 Å². The number of rotatable bonds is 11. The third-order valence-electron chi connectivity index (χ3n) is 7.20. The highest BCUT2D eigenvalue weighted by Gasteiger charge is 2.32. The number of sulfonamides is 1. The van der Waals surface area contributed by atoms with Crippen LogP contribution in [0.2, 0.25) is 0 Å². The maximum atomic E-state index is 12.9. The molecule has 0 spiro atoms. The van der Waals surface area contributed by atoms with Crippen LogP contribution in [-0.2, 0) is 27.1 Å². The number of hydrogen-bond acceptors (Lipinski definition) is 8. The van der Waals surface area contributed by atoms with E-state index in [9.17, 15) is 13.2 Å². The minimum atomic E-state index is -3.38. The average molecular weight is 547 g/mol. The molecule has 2 aliphatic heterocycles. The van der Waals surface area contributed by atoms with Gasteiger partial charge in [0.15, 0.2) is 0 Å². The Balaban J connectivity index is 1.23. The van der Waals surface area contributed by atoms with E-state index >= 15 is 0 Å². The maximum absolute atomic E-state index is 12.9. The molecule has 10 nitrogen and oxygen atoms in total. The summed E-state index contributed by atoms with van der Waals surface area (Å²) in [5, 5.41) is 3.28. The van der Waals surface area contributed by atoms with Gasteiger partial charge < -0.3 is 24.4 Å². The lowest BCUT2D eigenvalue weighted by Gasteiger charge is -2.35. The molecule has 11 heteroatoms. The Morgan fingerprint density at radius 2 is 1.61 bits per heavy atom. The van der Waals surface area contributed by atoms with Crippen molar-refractivity contribution in [2.45, 2.75) is 24.8 Å². The number of piperazine rings is 1. The van der Waals surface area contributed by atoms with Gasteiger partial charge in [-0.25, -0.2) is 12.7 Å². The molecule has 0 aliphatic carbocycles. The van der Waals surface area contributed by atoms with Gasteiger partial charge in [0.05, 0.1) is 39.2 Å². The van der Waals surface area contributed by atoms with Gasteiger partial charge in [0, 0.05) is 64.0 Å². The Kier molecular flexibility index (Phi) is 9.48. The van der Waals surface area contributed by atoms with Crippen LogP contribution in [0.3, 0.4) is 0 Å². The molecule has 2 aromatic rings. The molecule has 2 aromatic carbocycles. The van der Waals surface area contributed by atoms with E-state index in [1.54, 1.807) is 21.3 Å². The minimum Gasteiger partial charge on any atom is -0.496 e. The fraction of sp³-hybridized carbons (Fsp3) is 0.519. The van der Waals surface area contributed by atoms with E-state index in [4.69, 9.17) is 14.2 Å². The Hall–Kier alpha value is -2.86. The summed E-state index contributed by atoms with van der Waals surface area (Å²) < 4.78 is 43.6. The Bertz CT molecular complexity index is 1160. The van der Waals surface area contributed by atoms with Gasteiger partial charge in [0.2, 0.25) is 15.9 Å². The van der Waals surface area contributed by atoms with Gasteiger partial charge in [0.1, 0.15) is 17.2 Å². The Labute approximate surface area is 225 Å². The highest BCUT2D eigenvalue weighted by molar-refractivity contribution is 7.88. The number of nitrogens with zero attached hydrogens (tertiary/aromatic N) is 3. The number of hydrogen-bond donors (Lipinski definition) is 1. The molecule has 38 heavy (non-hydrogen) atoms. The largest absolute Gasteiger partial charge is 0.496 e. The molecule has 2 heterocycles. The topological polar surface area (TPSA) is 101 Å². The van der Waals surface area contributed by atoms with Crippen molar-refractivity contribution < 1.29 is 27.4 Å². The number of benzene rings is 2. The van der Waals surface area contributed by atoms with Crippen LogP contribution in [0, 0.1) is 0 Å². The van der Waals surface area contributed by atoms with Crippen LogP contribution in [0.4, 0.5) is 0 Å². The highest BCUT2D eigenvalue weighted by Crippen LogP contribution is 2.35. The zero-order valence-corrected chi connectivity index (χ0v) is 23.2. The second kappa shape index (κ2) is 12.8. The molecule has 1 amide bonds. The van der Waals surface area contributed by atoms with Crippen molar-refractivity contribution >= 4 is 15.9 Å². The number of methoxy groups -OCH3 is 3. The molecule has 1 atom stereocenters. The van der Waals surface area contributed by atoms with E-state index in [0.29, 0.717) is 56.4 Å². The first-order valence-electron chi connectivity index (χ1n) is 12.9. The molecule has 0 unspecified atom stereocenters. The van der Waals surface area contributed by atoms with Crippen LogP contribution in [0.1, 0.15) is 17.5 Å². The lowest BCUT2D eigenvalue weighted by atomic mass is 10.1. The second-order valence-electron chi connectivity index (χ2n) is 9.63. The fourth-order valence-corrected chi connectivity index (χ4v) is 6.57. The standard InChI is InChI=1S/C27H38N4O6S/c1-35-23-15-25(36-2)24(26(16-23)37-3)19-29-11-13-30(14-12-29)27(32)17-28-22-9-10-31(18-22)38(33,34)20-21-7-5-4-6-8-21/h4-8,15-16,22,28H,9-14,17-20H2,1-3H3/t22-/m0/s1. The van der Waals surface area contributed by atoms with E-state index in [1.165, 1.54) is 4.31 Å². The summed E-state index contributed by atoms with van der Waals surface area (Å²) in [6.07, 6.45) is 0.695. The molecular weight excluding hydrogens is 508 g/mol. The summed E-state index contributed by atoms with van der Waals surface area (Å²) in [5.41, 5.74) is 1.73. The van der Waals surface area contributed by atoms with E-state index in [0.717, 1.165) is 24.2 Å². The summed E-state index contributed by atoms with van der Waals surface area (Å²) in [6, 6.07) is 12.9. The van der Waals surface area contributed by atoms with Gasteiger partial charge in [-0.1, -0.05) is 30.3 Å². The van der Waals surface area contributed by atoms with E-state index in [-0.39, 0.29) is 24.2 Å². The third-order valence-corrected chi connectivity index (χ3v) is 9.02. The molecule has 0 bridgehead atoms. The zero-order chi connectivity index (χ0) is 27.1. The molecule has 2 fully saturated rings. The first kappa shape index (κ1) is 28.2. The maximum Gasteiger partial charge on any atom is 0.236 e. The second-order valence-corrected chi connectivity index (χ2v) is 11.6. The SMILES string of the molecule is COc1cc(OC)c(CN2CCN(C(=O)CN[C@H]3CCN(S(=O)(=O)Cc4ccccc4)C3)CC2)c(OC)c1. The Morgan fingerprint density at radius 1 is 0.947 bits per heavy atom. The van der Waals surface area contributed by atoms with E-state index in [1.807, 2.05) is 47.4 Å². The molecule has 1 N–H and O–H groups in total. The lowest BCUT2D eigenvalue weighted by molar-refractivity contribution is -0.132. The predicted octanol–water partition coefficient (Wildman–Crippen LogP) is 1.55. The van der Waals surface area contributed by atoms with E-state index in [2.05, 4.69) is 10.2 Å². The van der Waals surface area contributed by atoms with Gasteiger partial charge in [-0.2, -0.15) is 0 Å². The van der Waals surface area contributed by atoms with Crippen LogP contribution in [0.15, 0.2) is 42.5 Å². The predicted molar refractivity (Wildman–Crippen MR) is 145 cm³/mol. The number of nitrogens with one attached hydrogen (secondary N) is 1. The van der Waals surface area contributed by atoms with E-state index < -0.39 is 10.0 Å². The van der Waals surface area contributed by atoms with Crippen LogP contribution in [0.5, 0.6) is 17.2 Å². The molecular formula is C27H38N4O6S. The molecule has 0 saturated carbocycles. The highest BCUT2D eigenvalue weighted by atomic mass is 32.2. The molecule has 208 valence electrons. The summed E-state index contributed by atoms with van der Waals surface area (Å²) in [4.78, 5) is 17.0. The van der Waals surface area contributed by atoms with Crippen molar-refractivity contribution in [3.05, 3.63) is 53.6 Å². The molecule has 2 aliphatic rings. The zero-order valence-electron chi connectivity index (χ0n) is 22.4.